The summed E-state index contributed by atoms with van der Waals surface area (Å²) in [6, 6.07) is 12.7. The maximum absolute atomic E-state index is 12.2. The van der Waals surface area contributed by atoms with E-state index in [0.717, 1.165) is 0 Å². The number of amides is 2. The number of hydrazone groups is 1. The van der Waals surface area contributed by atoms with E-state index in [-0.39, 0.29) is 16.7 Å². The molecule has 8 nitrogen and oxygen atoms in total. The Morgan fingerprint density at radius 1 is 1.00 bits per heavy atom. The normalized spacial score (nSPS) is 14.0. The molecular weight excluding hydrogens is 368 g/mol. The van der Waals surface area contributed by atoms with Crippen molar-refractivity contribution >= 4 is 33.7 Å². The summed E-state index contributed by atoms with van der Waals surface area (Å²) in [5, 5.41) is 9.06. The van der Waals surface area contributed by atoms with Crippen LogP contribution in [0.15, 0.2) is 58.5 Å². The van der Waals surface area contributed by atoms with Crippen LogP contribution in [0.25, 0.3) is 0 Å². The van der Waals surface area contributed by atoms with E-state index in [9.17, 15) is 18.0 Å². The average Bonchev–Trinajstić information content (AvgIpc) is 2.89. The monoisotopic (exact) mass is 386 g/mol. The Hall–Kier alpha value is -3.04. The second kappa shape index (κ2) is 7.68. The minimum Gasteiger partial charge on any atom is -0.279 e. The van der Waals surface area contributed by atoms with Crippen LogP contribution in [0.4, 0.5) is 5.69 Å². The molecule has 0 bridgehead atoms. The Morgan fingerprint density at radius 2 is 1.59 bits per heavy atom. The average molecular weight is 386 g/mol. The van der Waals surface area contributed by atoms with Gasteiger partial charge < -0.3 is 0 Å². The lowest BCUT2D eigenvalue weighted by Crippen LogP contribution is -2.30. The third-order valence-electron chi connectivity index (χ3n) is 4.06. The number of rotatable bonds is 7. The fraction of sp³-hybridized carbons (Fsp3) is 0.167. The van der Waals surface area contributed by atoms with Gasteiger partial charge in [0, 0.05) is 12.8 Å². The molecule has 0 aliphatic carbocycles. The molecule has 140 valence electrons. The molecule has 2 aromatic carbocycles. The fourth-order valence-electron chi connectivity index (χ4n) is 2.69. The first-order valence-corrected chi connectivity index (χ1v) is 9.78. The summed E-state index contributed by atoms with van der Waals surface area (Å²) in [6.07, 6.45) is 2.78. The van der Waals surface area contributed by atoms with E-state index < -0.39 is 10.0 Å². The Kier molecular flexibility index (Phi) is 5.33. The highest BCUT2D eigenvalue weighted by Gasteiger charge is 2.34. The zero-order chi connectivity index (χ0) is 19.4. The lowest BCUT2D eigenvalue weighted by molar-refractivity contribution is 0.0653. The standard InChI is InChI=1S/C18H18N4O4S/c19-27(25,26)14-9-7-13(8-10-14)21-20-11-3-4-12-22-17(23)15-5-1-2-6-16(15)18(22)24/h1-2,5-11,21H,3-4,12H2,(H2,19,25,26). The molecule has 1 aliphatic rings. The van der Waals surface area contributed by atoms with E-state index in [2.05, 4.69) is 10.5 Å². The van der Waals surface area contributed by atoms with Gasteiger partial charge in [-0.3, -0.25) is 19.9 Å². The van der Waals surface area contributed by atoms with Crippen molar-refractivity contribution in [3.63, 3.8) is 0 Å². The zero-order valence-electron chi connectivity index (χ0n) is 14.3. The molecule has 0 fully saturated rings. The van der Waals surface area contributed by atoms with Gasteiger partial charge >= 0.3 is 0 Å². The van der Waals surface area contributed by atoms with Gasteiger partial charge in [0.2, 0.25) is 10.0 Å². The van der Waals surface area contributed by atoms with Gasteiger partial charge in [0.15, 0.2) is 0 Å². The molecule has 0 saturated heterocycles. The number of nitrogens with one attached hydrogen (secondary N) is 1. The number of imide groups is 1. The van der Waals surface area contributed by atoms with Crippen LogP contribution in [0.5, 0.6) is 0 Å². The zero-order valence-corrected chi connectivity index (χ0v) is 15.1. The van der Waals surface area contributed by atoms with Crippen molar-refractivity contribution in [3.05, 3.63) is 59.7 Å². The number of unbranched alkanes of at least 4 members (excludes halogenated alkanes) is 1. The Balaban J connectivity index is 1.46. The van der Waals surface area contributed by atoms with Gasteiger partial charge in [0.1, 0.15) is 0 Å². The van der Waals surface area contributed by atoms with Crippen LogP contribution in [0.1, 0.15) is 33.6 Å². The summed E-state index contributed by atoms with van der Waals surface area (Å²) in [5.74, 6) is -0.527. The minimum absolute atomic E-state index is 0.0259. The highest BCUT2D eigenvalue weighted by molar-refractivity contribution is 7.89. The Morgan fingerprint density at radius 3 is 2.15 bits per heavy atom. The first kappa shape index (κ1) is 18.7. The van der Waals surface area contributed by atoms with Crippen LogP contribution >= 0.6 is 0 Å². The predicted molar refractivity (Wildman–Crippen MR) is 101 cm³/mol. The second-order valence-electron chi connectivity index (χ2n) is 5.94. The van der Waals surface area contributed by atoms with Gasteiger partial charge in [-0.25, -0.2) is 13.6 Å². The summed E-state index contributed by atoms with van der Waals surface area (Å²) < 4.78 is 22.4. The Bertz CT molecular complexity index is 965. The molecule has 3 N–H and O–H groups in total. The minimum atomic E-state index is -3.71. The molecule has 0 aromatic heterocycles. The Labute approximate surface area is 156 Å². The maximum Gasteiger partial charge on any atom is 0.261 e. The van der Waals surface area contributed by atoms with Crippen molar-refractivity contribution in [2.45, 2.75) is 17.7 Å². The number of hydrogen-bond acceptors (Lipinski definition) is 6. The van der Waals surface area contributed by atoms with Gasteiger partial charge in [-0.05, 0) is 49.2 Å². The van der Waals surface area contributed by atoms with Crippen molar-refractivity contribution in [1.29, 1.82) is 0 Å². The first-order valence-electron chi connectivity index (χ1n) is 8.23. The first-order chi connectivity index (χ1) is 12.9. The number of hydrogen-bond donors (Lipinski definition) is 2. The molecular formula is C18H18N4O4S. The predicted octanol–water partition coefficient (Wildman–Crippen LogP) is 1.81. The number of primary sulfonamides is 1. The molecule has 2 aromatic rings. The fourth-order valence-corrected chi connectivity index (χ4v) is 3.20. The number of carbonyl (C=O) groups excluding carboxylic acids is 2. The lowest BCUT2D eigenvalue weighted by Gasteiger charge is -2.12. The van der Waals surface area contributed by atoms with Crippen LogP contribution in [0.3, 0.4) is 0 Å². The molecule has 2 amide bonds. The van der Waals surface area contributed by atoms with Crippen LogP contribution in [0, 0.1) is 0 Å². The van der Waals surface area contributed by atoms with Crippen LogP contribution in [-0.4, -0.2) is 37.9 Å². The summed E-state index contributed by atoms with van der Waals surface area (Å²) in [5.41, 5.74) is 4.27. The van der Waals surface area contributed by atoms with E-state index in [4.69, 9.17) is 5.14 Å². The van der Waals surface area contributed by atoms with E-state index in [1.807, 2.05) is 0 Å². The molecule has 27 heavy (non-hydrogen) atoms. The van der Waals surface area contributed by atoms with Gasteiger partial charge in [-0.15, -0.1) is 0 Å². The smallest absolute Gasteiger partial charge is 0.261 e. The van der Waals surface area contributed by atoms with Crippen molar-refractivity contribution in [1.82, 2.24) is 4.90 Å². The molecule has 1 heterocycles. The van der Waals surface area contributed by atoms with Crippen LogP contribution in [-0.2, 0) is 10.0 Å². The number of anilines is 1. The third kappa shape index (κ3) is 4.21. The van der Waals surface area contributed by atoms with Gasteiger partial charge in [0.05, 0.1) is 21.7 Å². The van der Waals surface area contributed by atoms with Crippen molar-refractivity contribution < 1.29 is 18.0 Å². The van der Waals surface area contributed by atoms with Crippen molar-refractivity contribution in [3.8, 4) is 0 Å². The van der Waals surface area contributed by atoms with Crippen molar-refractivity contribution in [2.75, 3.05) is 12.0 Å². The van der Waals surface area contributed by atoms with E-state index in [1.54, 1.807) is 42.6 Å². The molecule has 0 saturated carbocycles. The number of nitrogens with zero attached hydrogens (tertiary/aromatic N) is 2. The summed E-state index contributed by atoms with van der Waals surface area (Å²) in [4.78, 5) is 25.7. The van der Waals surface area contributed by atoms with E-state index >= 15 is 0 Å². The van der Waals surface area contributed by atoms with Crippen LogP contribution in [0.2, 0.25) is 0 Å². The van der Waals surface area contributed by atoms with Crippen LogP contribution < -0.4 is 10.6 Å². The highest BCUT2D eigenvalue weighted by atomic mass is 32.2. The largest absolute Gasteiger partial charge is 0.279 e. The molecule has 0 spiro atoms. The van der Waals surface area contributed by atoms with E-state index in [1.165, 1.54) is 17.0 Å². The maximum atomic E-state index is 12.2. The molecule has 0 unspecified atom stereocenters. The topological polar surface area (TPSA) is 122 Å². The SMILES string of the molecule is NS(=O)(=O)c1ccc(NN=CCCCN2C(=O)c3ccccc3C2=O)cc1. The third-order valence-corrected chi connectivity index (χ3v) is 4.99. The lowest BCUT2D eigenvalue weighted by atomic mass is 10.1. The summed E-state index contributed by atoms with van der Waals surface area (Å²) in [6.45, 7) is 0.321. The van der Waals surface area contributed by atoms with Gasteiger partial charge in [-0.2, -0.15) is 5.10 Å². The van der Waals surface area contributed by atoms with Gasteiger partial charge in [0.25, 0.3) is 11.8 Å². The molecule has 0 atom stereocenters. The summed E-state index contributed by atoms with van der Waals surface area (Å²) >= 11 is 0. The molecule has 1 aliphatic heterocycles. The number of benzene rings is 2. The molecule has 3 rings (SSSR count). The number of nitrogens with two attached hydrogens (primary N) is 1. The highest BCUT2D eigenvalue weighted by Crippen LogP contribution is 2.22. The van der Waals surface area contributed by atoms with E-state index in [0.29, 0.717) is 36.2 Å². The molecule has 9 heteroatoms. The molecule has 0 radical (unpaired) electrons. The number of fused-ring (bicyclic) bond motifs is 1. The second-order valence-corrected chi connectivity index (χ2v) is 7.50. The quantitative estimate of drug-likeness (QED) is 0.325. The number of carbonyl (C=O) groups is 2. The van der Waals surface area contributed by atoms with Gasteiger partial charge in [-0.1, -0.05) is 12.1 Å². The number of sulfonamides is 1. The van der Waals surface area contributed by atoms with Crippen molar-refractivity contribution in [2.24, 2.45) is 10.2 Å². The summed E-state index contributed by atoms with van der Waals surface area (Å²) in [7, 11) is -3.71.